The van der Waals surface area contributed by atoms with E-state index < -0.39 is 5.92 Å². The van der Waals surface area contributed by atoms with E-state index in [0.29, 0.717) is 16.9 Å². The van der Waals surface area contributed by atoms with Crippen molar-refractivity contribution in [2.24, 2.45) is 27.4 Å². The Balaban J connectivity index is 2.76. The van der Waals surface area contributed by atoms with Crippen LogP contribution in [-0.2, 0) is 4.79 Å². The number of nitriles is 1. The van der Waals surface area contributed by atoms with Gasteiger partial charge in [-0.25, -0.2) is 4.99 Å². The highest BCUT2D eigenvalue weighted by Gasteiger charge is 2.36. The summed E-state index contributed by atoms with van der Waals surface area (Å²) in [4.78, 5) is 20.0. The summed E-state index contributed by atoms with van der Waals surface area (Å²) in [6, 6.07) is 2.04. The van der Waals surface area contributed by atoms with E-state index in [1.807, 2.05) is 6.07 Å². The molecule has 0 aromatic carbocycles. The van der Waals surface area contributed by atoms with Crippen LogP contribution in [0.15, 0.2) is 56.8 Å². The summed E-state index contributed by atoms with van der Waals surface area (Å²) in [5.41, 5.74) is 13.4. The molecule has 0 aromatic rings. The molecule has 1 heterocycles. The lowest BCUT2D eigenvalue weighted by Gasteiger charge is -2.28. The number of hydrogen-bond acceptors (Lipinski definition) is 7. The van der Waals surface area contributed by atoms with E-state index in [9.17, 15) is 10.1 Å². The highest BCUT2D eigenvalue weighted by molar-refractivity contribution is 6.52. The fraction of sp³-hybridized carbons (Fsp3) is 0.188. The maximum atomic E-state index is 11.8. The van der Waals surface area contributed by atoms with Crippen LogP contribution in [0.4, 0.5) is 0 Å². The Morgan fingerprint density at radius 2 is 2.26 bits per heavy atom. The van der Waals surface area contributed by atoms with Crippen LogP contribution in [0.2, 0.25) is 0 Å². The number of nitrogens with zero attached hydrogens (tertiary/aromatic N) is 3. The minimum atomic E-state index is -0.676. The van der Waals surface area contributed by atoms with Crippen LogP contribution in [-0.4, -0.2) is 30.1 Å². The predicted octanol–water partition coefficient (Wildman–Crippen LogP) is 0.769. The molecule has 2 rings (SSSR count). The standard InChI is InChI=1S/C16H16N6O/c1-8(23)14-10(6-17)13(11(7-18)16(20)22-14)9-4-3-5-12(19)15(9)21-2/h3-5,7,13,19H,18H2,1-2H3,(H2,20,22)/b11-7-,19-12?,21-15?. The number of rotatable bonds is 2. The van der Waals surface area contributed by atoms with Gasteiger partial charge in [0.2, 0.25) is 0 Å². The number of nitrogens with two attached hydrogens (primary N) is 2. The molecule has 2 aliphatic rings. The maximum absolute atomic E-state index is 11.8. The summed E-state index contributed by atoms with van der Waals surface area (Å²) in [6.45, 7) is 1.32. The van der Waals surface area contributed by atoms with Gasteiger partial charge in [0.25, 0.3) is 0 Å². The first-order valence-electron chi connectivity index (χ1n) is 6.82. The number of allylic oxidation sites excluding steroid dienone is 6. The maximum Gasteiger partial charge on any atom is 0.179 e. The van der Waals surface area contributed by atoms with E-state index >= 15 is 0 Å². The van der Waals surface area contributed by atoms with Gasteiger partial charge in [-0.05, 0) is 11.6 Å². The van der Waals surface area contributed by atoms with Gasteiger partial charge < -0.3 is 11.5 Å². The average molecular weight is 308 g/mol. The van der Waals surface area contributed by atoms with E-state index in [2.05, 4.69) is 9.98 Å². The number of carbonyl (C=O) groups is 1. The largest absolute Gasteiger partial charge is 0.404 e. The molecule has 0 fully saturated rings. The second-order valence-corrected chi connectivity index (χ2v) is 4.95. The molecule has 0 radical (unpaired) electrons. The summed E-state index contributed by atoms with van der Waals surface area (Å²) in [7, 11) is 1.56. The van der Waals surface area contributed by atoms with Crippen LogP contribution in [0.5, 0.6) is 0 Å². The van der Waals surface area contributed by atoms with Crippen LogP contribution in [0, 0.1) is 22.7 Å². The molecule has 7 nitrogen and oxygen atoms in total. The summed E-state index contributed by atoms with van der Waals surface area (Å²) < 4.78 is 0. The lowest BCUT2D eigenvalue weighted by molar-refractivity contribution is -0.113. The van der Waals surface area contributed by atoms with Gasteiger partial charge in [-0.3, -0.25) is 15.2 Å². The van der Waals surface area contributed by atoms with Crippen molar-refractivity contribution in [3.05, 3.63) is 46.8 Å². The number of aliphatic imine (C=N–C) groups is 2. The summed E-state index contributed by atoms with van der Waals surface area (Å²) >= 11 is 0. The van der Waals surface area contributed by atoms with Crippen molar-refractivity contribution in [3.8, 4) is 6.07 Å². The van der Waals surface area contributed by atoms with Gasteiger partial charge in [0.1, 0.15) is 11.5 Å². The monoisotopic (exact) mass is 308 g/mol. The zero-order chi connectivity index (χ0) is 17.1. The van der Waals surface area contributed by atoms with Crippen molar-refractivity contribution in [2.75, 3.05) is 7.05 Å². The molecule has 1 aliphatic heterocycles. The van der Waals surface area contributed by atoms with Crippen LogP contribution in [0.3, 0.4) is 0 Å². The molecule has 0 saturated carbocycles. The molecule has 23 heavy (non-hydrogen) atoms. The third-order valence-electron chi connectivity index (χ3n) is 3.62. The molecule has 1 atom stereocenters. The molecule has 0 bridgehead atoms. The normalized spacial score (nSPS) is 24.6. The van der Waals surface area contributed by atoms with Crippen LogP contribution in [0.25, 0.3) is 0 Å². The van der Waals surface area contributed by atoms with Crippen LogP contribution in [0.1, 0.15) is 6.92 Å². The Kier molecular flexibility index (Phi) is 4.37. The Hall–Kier alpha value is -3.27. The molecular formula is C16H16N6O. The third-order valence-corrected chi connectivity index (χ3v) is 3.62. The van der Waals surface area contributed by atoms with Gasteiger partial charge in [-0.15, -0.1) is 0 Å². The van der Waals surface area contributed by atoms with Crippen molar-refractivity contribution >= 4 is 23.0 Å². The minimum absolute atomic E-state index is 0.0121. The van der Waals surface area contributed by atoms with Gasteiger partial charge in [0, 0.05) is 25.7 Å². The van der Waals surface area contributed by atoms with Gasteiger partial charge in [-0.2, -0.15) is 5.26 Å². The number of ketones is 1. The number of Topliss-reactive ketones (excluding diaryl/α,β-unsaturated/α-hetero) is 1. The fourth-order valence-electron chi connectivity index (χ4n) is 2.62. The average Bonchev–Trinajstić information content (AvgIpc) is 2.53. The summed E-state index contributed by atoms with van der Waals surface area (Å²) in [5, 5.41) is 17.5. The number of amidine groups is 1. The lowest BCUT2D eigenvalue weighted by atomic mass is 9.77. The van der Waals surface area contributed by atoms with Crippen molar-refractivity contribution < 1.29 is 4.79 Å². The lowest BCUT2D eigenvalue weighted by Crippen LogP contribution is -2.33. The molecule has 0 spiro atoms. The zero-order valence-electron chi connectivity index (χ0n) is 12.8. The molecule has 7 heteroatoms. The first-order valence-corrected chi connectivity index (χ1v) is 6.82. The Bertz CT molecular complexity index is 814. The predicted molar refractivity (Wildman–Crippen MR) is 89.0 cm³/mol. The molecule has 0 amide bonds. The van der Waals surface area contributed by atoms with E-state index in [1.165, 1.54) is 13.1 Å². The van der Waals surface area contributed by atoms with Crippen molar-refractivity contribution in [2.45, 2.75) is 6.92 Å². The Morgan fingerprint density at radius 1 is 1.57 bits per heavy atom. The number of nitrogens with one attached hydrogen (secondary N) is 1. The van der Waals surface area contributed by atoms with E-state index in [-0.39, 0.29) is 28.6 Å². The van der Waals surface area contributed by atoms with Gasteiger partial charge in [0.15, 0.2) is 5.78 Å². The Morgan fingerprint density at radius 3 is 2.78 bits per heavy atom. The molecule has 5 N–H and O–H groups in total. The molecule has 1 aliphatic carbocycles. The molecule has 0 aromatic heterocycles. The number of hydrogen-bond donors (Lipinski definition) is 3. The summed E-state index contributed by atoms with van der Waals surface area (Å²) in [5.74, 6) is -0.952. The smallest absolute Gasteiger partial charge is 0.179 e. The molecule has 1 unspecified atom stereocenters. The highest BCUT2D eigenvalue weighted by atomic mass is 16.1. The van der Waals surface area contributed by atoms with Crippen LogP contribution < -0.4 is 11.5 Å². The second-order valence-electron chi connectivity index (χ2n) is 4.95. The van der Waals surface area contributed by atoms with Gasteiger partial charge in [-0.1, -0.05) is 12.2 Å². The van der Waals surface area contributed by atoms with E-state index in [1.54, 1.807) is 25.3 Å². The van der Waals surface area contributed by atoms with E-state index in [0.717, 1.165) is 0 Å². The minimum Gasteiger partial charge on any atom is -0.404 e. The summed E-state index contributed by atoms with van der Waals surface area (Å²) in [6.07, 6.45) is 6.29. The zero-order valence-corrected chi connectivity index (χ0v) is 12.8. The van der Waals surface area contributed by atoms with E-state index in [4.69, 9.17) is 16.9 Å². The number of carbonyl (C=O) groups excluding carboxylic acids is 1. The second kappa shape index (κ2) is 6.23. The first-order chi connectivity index (χ1) is 11.0. The molecular weight excluding hydrogens is 292 g/mol. The van der Waals surface area contributed by atoms with Crippen LogP contribution >= 0.6 is 0 Å². The molecule has 116 valence electrons. The van der Waals surface area contributed by atoms with Crippen molar-refractivity contribution in [1.29, 1.82) is 10.7 Å². The van der Waals surface area contributed by atoms with Gasteiger partial charge >= 0.3 is 0 Å². The fourth-order valence-corrected chi connectivity index (χ4v) is 2.62. The van der Waals surface area contributed by atoms with Gasteiger partial charge in [0.05, 0.1) is 29.0 Å². The Labute approximate surface area is 133 Å². The van der Waals surface area contributed by atoms with Crippen molar-refractivity contribution in [1.82, 2.24) is 0 Å². The third kappa shape index (κ3) is 2.62. The quantitative estimate of drug-likeness (QED) is 0.647. The van der Waals surface area contributed by atoms with Crippen molar-refractivity contribution in [3.63, 3.8) is 0 Å². The molecule has 0 saturated heterocycles. The highest BCUT2D eigenvalue weighted by Crippen LogP contribution is 2.36. The topological polar surface area (TPSA) is 141 Å². The SMILES string of the molecule is CN=C1C(=N)C=CC=C1C1C(C#N)=C(C(C)=O)N=C(N)/C1=C\N. The first kappa shape index (κ1) is 16.1.